The molecule has 2 aliphatic heterocycles. The lowest BCUT2D eigenvalue weighted by Crippen LogP contribution is -2.41. The molecule has 0 aromatic carbocycles. The number of hydrazine groups is 1. The summed E-state index contributed by atoms with van der Waals surface area (Å²) >= 11 is 0. The Balaban J connectivity index is 1.70. The van der Waals surface area contributed by atoms with E-state index in [4.69, 9.17) is 9.15 Å². The predicted octanol–water partition coefficient (Wildman–Crippen LogP) is 1.53. The van der Waals surface area contributed by atoms with E-state index < -0.39 is 4.92 Å². The Morgan fingerprint density at radius 1 is 1.36 bits per heavy atom. The van der Waals surface area contributed by atoms with Gasteiger partial charge in [0.25, 0.3) is 0 Å². The zero-order valence-corrected chi connectivity index (χ0v) is 14.0. The van der Waals surface area contributed by atoms with Gasteiger partial charge in [-0.25, -0.2) is 4.99 Å². The van der Waals surface area contributed by atoms with E-state index in [2.05, 4.69) is 26.1 Å². The first-order valence-corrected chi connectivity index (χ1v) is 7.87. The minimum Gasteiger partial charge on any atom is -0.383 e. The van der Waals surface area contributed by atoms with Crippen LogP contribution < -0.4 is 16.2 Å². The standard InChI is InChI=1S/C15H20N6O4/c1-10-9-12(11(2)20-5-7-24-8-6-20)17-15(16-10)19-18-13-3-4-14(25-13)21(22)23/h3-4,9,18H,5-8H2,1-2H3,(H2,16,17,19). The van der Waals surface area contributed by atoms with Gasteiger partial charge in [-0.15, -0.1) is 0 Å². The molecule has 134 valence electrons. The van der Waals surface area contributed by atoms with Gasteiger partial charge >= 0.3 is 5.88 Å². The molecule has 10 nitrogen and oxygen atoms in total. The molecule has 0 amide bonds. The van der Waals surface area contributed by atoms with E-state index in [1.165, 1.54) is 12.1 Å². The fourth-order valence-electron chi connectivity index (χ4n) is 2.53. The fourth-order valence-corrected chi connectivity index (χ4v) is 2.53. The van der Waals surface area contributed by atoms with Crippen molar-refractivity contribution in [2.45, 2.75) is 13.8 Å². The summed E-state index contributed by atoms with van der Waals surface area (Å²) in [6.45, 7) is 7.05. The number of hydrogen-bond acceptors (Lipinski definition) is 9. The van der Waals surface area contributed by atoms with Gasteiger partial charge in [-0.1, -0.05) is 0 Å². The molecule has 0 bridgehead atoms. The van der Waals surface area contributed by atoms with E-state index in [-0.39, 0.29) is 11.8 Å². The number of guanidine groups is 1. The van der Waals surface area contributed by atoms with Crippen LogP contribution >= 0.6 is 0 Å². The minimum atomic E-state index is -0.596. The lowest BCUT2D eigenvalue weighted by molar-refractivity contribution is -0.401. The van der Waals surface area contributed by atoms with Crippen LogP contribution in [0.25, 0.3) is 0 Å². The SMILES string of the molecule is CC1=CC(=C(C)N2CCOCC2)N=C(NNc2ccc([N+](=O)[O-])o2)N1. The summed E-state index contributed by atoms with van der Waals surface area (Å²) < 4.78 is 10.4. The van der Waals surface area contributed by atoms with Gasteiger partial charge in [0.1, 0.15) is 4.92 Å². The quantitative estimate of drug-likeness (QED) is 0.554. The van der Waals surface area contributed by atoms with Crippen LogP contribution in [0.2, 0.25) is 0 Å². The Hall–Kier alpha value is -3.01. The Kier molecular flexibility index (Phi) is 4.89. The molecule has 1 saturated heterocycles. The third-order valence-electron chi connectivity index (χ3n) is 3.83. The Morgan fingerprint density at radius 3 is 2.80 bits per heavy atom. The largest absolute Gasteiger partial charge is 0.434 e. The van der Waals surface area contributed by atoms with Crippen molar-refractivity contribution in [3.8, 4) is 0 Å². The highest BCUT2D eigenvalue weighted by atomic mass is 16.6. The van der Waals surface area contributed by atoms with Crippen LogP contribution in [0.3, 0.4) is 0 Å². The molecule has 10 heteroatoms. The lowest BCUT2D eigenvalue weighted by Gasteiger charge is -2.30. The van der Waals surface area contributed by atoms with Gasteiger partial charge in [0.05, 0.1) is 25.0 Å². The van der Waals surface area contributed by atoms with E-state index in [9.17, 15) is 10.1 Å². The molecule has 0 unspecified atom stereocenters. The number of anilines is 1. The second-order valence-electron chi connectivity index (χ2n) is 5.63. The van der Waals surface area contributed by atoms with Crippen molar-refractivity contribution in [2.75, 3.05) is 31.7 Å². The summed E-state index contributed by atoms with van der Waals surface area (Å²) in [5.74, 6) is 0.364. The third kappa shape index (κ3) is 4.10. The van der Waals surface area contributed by atoms with Gasteiger partial charge in [-0.2, -0.15) is 0 Å². The third-order valence-corrected chi connectivity index (χ3v) is 3.83. The molecule has 0 spiro atoms. The van der Waals surface area contributed by atoms with Gasteiger partial charge in [0.15, 0.2) is 0 Å². The van der Waals surface area contributed by atoms with Crippen molar-refractivity contribution in [3.63, 3.8) is 0 Å². The molecule has 0 atom stereocenters. The number of rotatable bonds is 4. The summed E-state index contributed by atoms with van der Waals surface area (Å²) in [4.78, 5) is 16.8. The van der Waals surface area contributed by atoms with Crippen molar-refractivity contribution in [1.29, 1.82) is 0 Å². The van der Waals surface area contributed by atoms with Gasteiger partial charge < -0.3 is 19.4 Å². The van der Waals surface area contributed by atoms with E-state index >= 15 is 0 Å². The predicted molar refractivity (Wildman–Crippen MR) is 91.5 cm³/mol. The number of aliphatic imine (C=N–C) groups is 1. The highest BCUT2D eigenvalue weighted by molar-refractivity contribution is 5.85. The number of allylic oxidation sites excluding steroid dienone is 3. The van der Waals surface area contributed by atoms with Crippen LogP contribution in [0.5, 0.6) is 0 Å². The van der Waals surface area contributed by atoms with Crippen LogP contribution in [0.15, 0.2) is 44.7 Å². The maximum Gasteiger partial charge on any atom is 0.434 e. The average molecular weight is 348 g/mol. The second kappa shape index (κ2) is 7.26. The first-order chi connectivity index (χ1) is 12.0. The number of nitrogens with one attached hydrogen (secondary N) is 3. The molecule has 25 heavy (non-hydrogen) atoms. The molecule has 1 aromatic heterocycles. The normalized spacial score (nSPS) is 19.5. The van der Waals surface area contributed by atoms with Crippen molar-refractivity contribution in [3.05, 3.63) is 45.4 Å². The molecule has 0 radical (unpaired) electrons. The number of morpholine rings is 1. The molecule has 3 rings (SSSR count). The van der Waals surface area contributed by atoms with Gasteiger partial charge in [0, 0.05) is 30.5 Å². The first kappa shape index (κ1) is 16.8. The van der Waals surface area contributed by atoms with Crippen molar-refractivity contribution in [2.24, 2.45) is 4.99 Å². The van der Waals surface area contributed by atoms with Gasteiger partial charge in [0.2, 0.25) is 11.8 Å². The minimum absolute atomic E-state index is 0.221. The Labute approximate surface area is 144 Å². The highest BCUT2D eigenvalue weighted by Gasteiger charge is 2.17. The molecular formula is C15H20N6O4. The summed E-state index contributed by atoms with van der Waals surface area (Å²) in [6.07, 6.45) is 1.97. The fraction of sp³-hybridized carbons (Fsp3) is 0.400. The second-order valence-corrected chi connectivity index (χ2v) is 5.63. The van der Waals surface area contributed by atoms with Gasteiger partial charge in [-0.05, 0) is 19.9 Å². The topological polar surface area (TPSA) is 117 Å². The molecule has 1 fully saturated rings. The zero-order chi connectivity index (χ0) is 17.8. The lowest BCUT2D eigenvalue weighted by atomic mass is 10.2. The zero-order valence-electron chi connectivity index (χ0n) is 14.0. The Morgan fingerprint density at radius 2 is 2.12 bits per heavy atom. The highest BCUT2D eigenvalue weighted by Crippen LogP contribution is 2.20. The summed E-state index contributed by atoms with van der Waals surface area (Å²) in [7, 11) is 0. The Bertz CT molecular complexity index is 745. The summed E-state index contributed by atoms with van der Waals surface area (Å²) in [5.41, 5.74) is 8.44. The van der Waals surface area contributed by atoms with Crippen molar-refractivity contribution >= 4 is 17.7 Å². The van der Waals surface area contributed by atoms with Crippen molar-refractivity contribution < 1.29 is 14.1 Å². The maximum absolute atomic E-state index is 10.6. The molecule has 3 N–H and O–H groups in total. The monoisotopic (exact) mass is 348 g/mol. The van der Waals surface area contributed by atoms with E-state index in [0.29, 0.717) is 19.2 Å². The van der Waals surface area contributed by atoms with Crippen LogP contribution in [0.1, 0.15) is 13.8 Å². The van der Waals surface area contributed by atoms with E-state index in [0.717, 1.165) is 30.2 Å². The molecule has 0 saturated carbocycles. The molecular weight excluding hydrogens is 328 g/mol. The molecule has 0 aliphatic carbocycles. The molecule has 3 heterocycles. The average Bonchev–Trinajstić information content (AvgIpc) is 3.09. The maximum atomic E-state index is 10.6. The number of nitrogens with zero attached hydrogens (tertiary/aromatic N) is 3. The van der Waals surface area contributed by atoms with Crippen LogP contribution in [-0.4, -0.2) is 42.1 Å². The number of nitro groups is 1. The smallest absolute Gasteiger partial charge is 0.383 e. The molecule has 2 aliphatic rings. The van der Waals surface area contributed by atoms with E-state index in [1.807, 2.05) is 19.9 Å². The molecule has 1 aromatic rings. The van der Waals surface area contributed by atoms with Crippen LogP contribution in [0, 0.1) is 10.1 Å². The van der Waals surface area contributed by atoms with Crippen LogP contribution in [0.4, 0.5) is 11.8 Å². The summed E-state index contributed by atoms with van der Waals surface area (Å²) in [6, 6.07) is 2.74. The number of hydrogen-bond donors (Lipinski definition) is 3. The van der Waals surface area contributed by atoms with Crippen molar-refractivity contribution in [1.82, 2.24) is 15.6 Å². The number of furan rings is 1. The van der Waals surface area contributed by atoms with Crippen LogP contribution in [-0.2, 0) is 4.74 Å². The van der Waals surface area contributed by atoms with Gasteiger partial charge in [-0.3, -0.25) is 21.0 Å². The summed E-state index contributed by atoms with van der Waals surface area (Å²) in [5, 5.41) is 13.7. The van der Waals surface area contributed by atoms with E-state index in [1.54, 1.807) is 0 Å². The number of ether oxygens (including phenoxy) is 1. The first-order valence-electron chi connectivity index (χ1n) is 7.87.